The minimum atomic E-state index is -0.810. The number of anilines is 1. The Kier molecular flexibility index (Phi) is 3.42. The predicted molar refractivity (Wildman–Crippen MR) is 69.5 cm³/mol. The van der Waals surface area contributed by atoms with Crippen molar-refractivity contribution in [3.05, 3.63) is 54.3 Å². The Labute approximate surface area is 105 Å². The molecule has 2 rings (SSSR count). The molecule has 0 atom stereocenters. The molecule has 0 saturated heterocycles. The molecule has 84 valence electrons. The molecule has 0 unspecified atom stereocenters. The van der Waals surface area contributed by atoms with Crippen LogP contribution in [0.5, 0.6) is 0 Å². The van der Waals surface area contributed by atoms with Crippen molar-refractivity contribution in [3.63, 3.8) is 0 Å². The number of para-hydroxylation sites is 1. The Morgan fingerprint density at radius 1 is 1.06 bits per heavy atom. The number of benzene rings is 1. The summed E-state index contributed by atoms with van der Waals surface area (Å²) in [5, 5.41) is 0. The zero-order chi connectivity index (χ0) is 11.4. The molecule has 0 radical (unpaired) electrons. The number of rotatable bonds is 3. The van der Waals surface area contributed by atoms with Gasteiger partial charge in [0.25, 0.3) is 0 Å². The largest absolute Gasteiger partial charge is 0.305 e. The molecule has 0 bridgehead atoms. The molecule has 0 amide bonds. The van der Waals surface area contributed by atoms with Crippen LogP contribution >= 0.6 is 23.2 Å². The number of alkyl halides is 2. The van der Waals surface area contributed by atoms with E-state index in [0.29, 0.717) is 6.42 Å². The zero-order valence-corrected chi connectivity index (χ0v) is 10.1. The molecule has 1 aliphatic carbocycles. The molecule has 2 N–H and O–H groups in total. The lowest BCUT2D eigenvalue weighted by Gasteiger charge is -2.22. The normalized spacial score (nSPS) is 17.8. The highest BCUT2D eigenvalue weighted by molar-refractivity contribution is 6.50. The van der Waals surface area contributed by atoms with Crippen LogP contribution in [0.1, 0.15) is 6.42 Å². The van der Waals surface area contributed by atoms with Crippen molar-refractivity contribution in [2.75, 3.05) is 5.43 Å². The van der Waals surface area contributed by atoms with E-state index in [1.807, 2.05) is 42.5 Å². The second-order valence-electron chi connectivity index (χ2n) is 3.60. The Balaban J connectivity index is 1.92. The zero-order valence-electron chi connectivity index (χ0n) is 8.58. The number of hydrazine groups is 1. The molecule has 1 aliphatic rings. The maximum absolute atomic E-state index is 6.02. The maximum Gasteiger partial charge on any atom is 0.142 e. The monoisotopic (exact) mass is 254 g/mol. The van der Waals surface area contributed by atoms with Crippen LogP contribution in [-0.4, -0.2) is 4.33 Å². The Hall–Kier alpha value is -1.12. The van der Waals surface area contributed by atoms with Crippen LogP contribution in [0.25, 0.3) is 0 Å². The Morgan fingerprint density at radius 2 is 1.81 bits per heavy atom. The van der Waals surface area contributed by atoms with Gasteiger partial charge in [-0.05, 0) is 24.3 Å². The molecule has 0 spiro atoms. The van der Waals surface area contributed by atoms with Gasteiger partial charge < -0.3 is 10.9 Å². The first-order chi connectivity index (χ1) is 7.66. The van der Waals surface area contributed by atoms with Gasteiger partial charge in [0.1, 0.15) is 4.33 Å². The fourth-order valence-corrected chi connectivity index (χ4v) is 1.87. The molecule has 0 saturated carbocycles. The third kappa shape index (κ3) is 3.19. The van der Waals surface area contributed by atoms with E-state index in [4.69, 9.17) is 23.2 Å². The first kappa shape index (κ1) is 11.4. The van der Waals surface area contributed by atoms with Gasteiger partial charge in [0, 0.05) is 12.1 Å². The van der Waals surface area contributed by atoms with Gasteiger partial charge in [0.05, 0.1) is 5.69 Å². The van der Waals surface area contributed by atoms with E-state index in [0.717, 1.165) is 11.4 Å². The minimum absolute atomic E-state index is 0.562. The van der Waals surface area contributed by atoms with Gasteiger partial charge in [-0.1, -0.05) is 47.5 Å². The summed E-state index contributed by atoms with van der Waals surface area (Å²) in [5.74, 6) is 0. The van der Waals surface area contributed by atoms with E-state index >= 15 is 0 Å². The summed E-state index contributed by atoms with van der Waals surface area (Å²) < 4.78 is -0.810. The van der Waals surface area contributed by atoms with Crippen LogP contribution in [-0.2, 0) is 0 Å². The lowest BCUT2D eigenvalue weighted by atomic mass is 10.1. The minimum Gasteiger partial charge on any atom is -0.305 e. The summed E-state index contributed by atoms with van der Waals surface area (Å²) in [7, 11) is 0. The molecule has 0 fully saturated rings. The van der Waals surface area contributed by atoms with Crippen LogP contribution in [0.2, 0.25) is 0 Å². The smallest absolute Gasteiger partial charge is 0.142 e. The summed E-state index contributed by atoms with van der Waals surface area (Å²) >= 11 is 12.0. The van der Waals surface area contributed by atoms with E-state index in [2.05, 4.69) is 10.9 Å². The molecule has 0 heterocycles. The topological polar surface area (TPSA) is 24.1 Å². The summed E-state index contributed by atoms with van der Waals surface area (Å²) in [4.78, 5) is 0. The Bertz CT molecular complexity index is 410. The van der Waals surface area contributed by atoms with Crippen molar-refractivity contribution < 1.29 is 0 Å². The first-order valence-electron chi connectivity index (χ1n) is 4.99. The number of hydrogen-bond acceptors (Lipinski definition) is 2. The van der Waals surface area contributed by atoms with Crippen molar-refractivity contribution in [2.24, 2.45) is 0 Å². The van der Waals surface area contributed by atoms with Crippen molar-refractivity contribution in [2.45, 2.75) is 10.8 Å². The van der Waals surface area contributed by atoms with E-state index < -0.39 is 4.33 Å². The van der Waals surface area contributed by atoms with Crippen molar-refractivity contribution in [1.82, 2.24) is 5.43 Å². The highest BCUT2D eigenvalue weighted by Gasteiger charge is 2.23. The standard InChI is InChI=1S/C12H12Cl2N2/c13-12(14)8-4-7-11(9-12)16-15-10-5-2-1-3-6-10/h1-8,15-16H,9H2. The second kappa shape index (κ2) is 4.81. The predicted octanol–water partition coefficient (Wildman–Crippen LogP) is 3.62. The van der Waals surface area contributed by atoms with Crippen LogP contribution in [0.3, 0.4) is 0 Å². The first-order valence-corrected chi connectivity index (χ1v) is 5.75. The van der Waals surface area contributed by atoms with E-state index in [-0.39, 0.29) is 0 Å². The molecule has 2 nitrogen and oxygen atoms in total. The van der Waals surface area contributed by atoms with Crippen LogP contribution in [0.4, 0.5) is 5.69 Å². The van der Waals surface area contributed by atoms with Crippen LogP contribution < -0.4 is 10.9 Å². The lowest BCUT2D eigenvalue weighted by molar-refractivity contribution is 0.801. The SMILES string of the molecule is ClC1(Cl)C=CC=C(NNc2ccccc2)C1. The third-order valence-corrected chi connectivity index (χ3v) is 2.72. The maximum atomic E-state index is 6.02. The van der Waals surface area contributed by atoms with E-state index in [9.17, 15) is 0 Å². The van der Waals surface area contributed by atoms with Crippen molar-refractivity contribution in [1.29, 1.82) is 0 Å². The molecule has 1 aromatic rings. The fraction of sp³-hybridized carbons (Fsp3) is 0.167. The van der Waals surface area contributed by atoms with Gasteiger partial charge in [0.15, 0.2) is 0 Å². The summed E-state index contributed by atoms with van der Waals surface area (Å²) in [6.07, 6.45) is 6.12. The number of halogens is 2. The molecule has 0 aliphatic heterocycles. The van der Waals surface area contributed by atoms with Gasteiger partial charge in [-0.15, -0.1) is 0 Å². The number of nitrogens with one attached hydrogen (secondary N) is 2. The van der Waals surface area contributed by atoms with Crippen molar-refractivity contribution in [3.8, 4) is 0 Å². The van der Waals surface area contributed by atoms with Gasteiger partial charge in [0.2, 0.25) is 0 Å². The van der Waals surface area contributed by atoms with Gasteiger partial charge >= 0.3 is 0 Å². The molecular weight excluding hydrogens is 243 g/mol. The highest BCUT2D eigenvalue weighted by Crippen LogP contribution is 2.32. The average molecular weight is 255 g/mol. The molecular formula is C12H12Cl2N2. The lowest BCUT2D eigenvalue weighted by Crippen LogP contribution is -2.26. The van der Waals surface area contributed by atoms with Gasteiger partial charge in [-0.3, -0.25) is 0 Å². The van der Waals surface area contributed by atoms with Gasteiger partial charge in [-0.25, -0.2) is 0 Å². The van der Waals surface area contributed by atoms with E-state index in [1.54, 1.807) is 6.08 Å². The number of allylic oxidation sites excluding steroid dienone is 4. The highest BCUT2D eigenvalue weighted by atomic mass is 35.5. The van der Waals surface area contributed by atoms with Gasteiger partial charge in [-0.2, -0.15) is 0 Å². The molecule has 16 heavy (non-hydrogen) atoms. The second-order valence-corrected chi connectivity index (χ2v) is 5.15. The Morgan fingerprint density at radius 3 is 2.50 bits per heavy atom. The summed E-state index contributed by atoms with van der Waals surface area (Å²) in [6.45, 7) is 0. The van der Waals surface area contributed by atoms with Crippen LogP contribution in [0.15, 0.2) is 54.3 Å². The van der Waals surface area contributed by atoms with E-state index in [1.165, 1.54) is 0 Å². The summed E-state index contributed by atoms with van der Waals surface area (Å²) in [5.41, 5.74) is 8.12. The molecule has 1 aromatic carbocycles. The molecule has 0 aromatic heterocycles. The average Bonchev–Trinajstić information content (AvgIpc) is 2.27. The van der Waals surface area contributed by atoms with Crippen LogP contribution in [0, 0.1) is 0 Å². The van der Waals surface area contributed by atoms with Crippen molar-refractivity contribution >= 4 is 28.9 Å². The number of hydrogen-bond donors (Lipinski definition) is 2. The molecule has 4 heteroatoms. The quantitative estimate of drug-likeness (QED) is 0.636. The fourth-order valence-electron chi connectivity index (χ4n) is 1.44. The third-order valence-electron chi connectivity index (χ3n) is 2.20. The summed E-state index contributed by atoms with van der Waals surface area (Å²) in [6, 6.07) is 9.84.